The van der Waals surface area contributed by atoms with E-state index in [9.17, 15) is 9.18 Å². The maximum atomic E-state index is 13.3. The Hall–Kier alpha value is -2.24. The lowest BCUT2D eigenvalue weighted by atomic mass is 10.1. The van der Waals surface area contributed by atoms with Crippen LogP contribution in [0.1, 0.15) is 24.2 Å². The number of morpholine rings is 1. The number of nitrogens with zero attached hydrogens (tertiary/aromatic N) is 3. The van der Waals surface area contributed by atoms with Crippen molar-refractivity contribution >= 4 is 41.5 Å². The van der Waals surface area contributed by atoms with Gasteiger partial charge in [0.25, 0.3) is 0 Å². The van der Waals surface area contributed by atoms with Crippen LogP contribution in [0.2, 0.25) is 0 Å². The second-order valence-electron chi connectivity index (χ2n) is 8.28. The highest BCUT2D eigenvalue weighted by Gasteiger charge is 2.28. The van der Waals surface area contributed by atoms with Crippen molar-refractivity contribution in [3.63, 3.8) is 0 Å². The van der Waals surface area contributed by atoms with Crippen molar-refractivity contribution in [1.29, 1.82) is 0 Å². The summed E-state index contributed by atoms with van der Waals surface area (Å²) in [4.78, 5) is 20.5. The molecule has 1 saturated heterocycles. The minimum atomic E-state index is -0.257. The van der Waals surface area contributed by atoms with E-state index in [1.54, 1.807) is 19.2 Å². The number of guanidine groups is 1. The fourth-order valence-electron chi connectivity index (χ4n) is 3.75. The zero-order chi connectivity index (χ0) is 23.1. The molecule has 2 atom stereocenters. The number of amides is 1. The van der Waals surface area contributed by atoms with Crippen LogP contribution in [0.4, 0.5) is 10.1 Å². The zero-order valence-corrected chi connectivity index (χ0v) is 21.9. The van der Waals surface area contributed by atoms with Gasteiger partial charge in [0.2, 0.25) is 5.91 Å². The van der Waals surface area contributed by atoms with E-state index in [1.165, 1.54) is 12.1 Å². The summed E-state index contributed by atoms with van der Waals surface area (Å²) in [5.74, 6) is 0.464. The van der Waals surface area contributed by atoms with Crippen LogP contribution in [0, 0.1) is 5.82 Å². The van der Waals surface area contributed by atoms with Gasteiger partial charge < -0.3 is 25.2 Å². The molecule has 2 unspecified atom stereocenters. The van der Waals surface area contributed by atoms with Gasteiger partial charge in [0.15, 0.2) is 5.96 Å². The molecule has 3 rings (SSSR count). The number of carbonyl (C=O) groups is 1. The second kappa shape index (κ2) is 12.9. The second-order valence-corrected chi connectivity index (χ2v) is 8.28. The van der Waals surface area contributed by atoms with E-state index in [4.69, 9.17) is 4.74 Å². The van der Waals surface area contributed by atoms with Gasteiger partial charge in [0, 0.05) is 25.8 Å². The van der Waals surface area contributed by atoms with Gasteiger partial charge in [0.05, 0.1) is 19.2 Å². The third kappa shape index (κ3) is 8.24. The first-order valence-electron chi connectivity index (χ1n) is 10.7. The predicted octanol–water partition coefficient (Wildman–Crippen LogP) is 3.48. The Balaban J connectivity index is 0.00000385. The zero-order valence-electron chi connectivity index (χ0n) is 19.5. The SMILES string of the molecule is CN=C(NCc1cccc(NC(=O)CN(C)C)c1)N1CC(C)OC(c2ccc(F)cc2)C1.I. The van der Waals surface area contributed by atoms with Crippen LogP contribution in [0.25, 0.3) is 0 Å². The molecule has 1 fully saturated rings. The number of rotatable bonds is 6. The van der Waals surface area contributed by atoms with Crippen molar-refractivity contribution in [2.24, 2.45) is 4.99 Å². The number of anilines is 1. The molecule has 0 spiro atoms. The number of nitrogens with one attached hydrogen (secondary N) is 2. The van der Waals surface area contributed by atoms with Crippen molar-refractivity contribution in [2.75, 3.05) is 46.1 Å². The highest BCUT2D eigenvalue weighted by Crippen LogP contribution is 2.25. The summed E-state index contributed by atoms with van der Waals surface area (Å²) < 4.78 is 19.4. The Bertz CT molecular complexity index is 939. The summed E-state index contributed by atoms with van der Waals surface area (Å²) in [6.07, 6.45) is -0.152. The predicted molar refractivity (Wildman–Crippen MR) is 141 cm³/mol. The molecule has 0 aromatic heterocycles. The largest absolute Gasteiger partial charge is 0.367 e. The molecule has 7 nitrogen and oxygen atoms in total. The van der Waals surface area contributed by atoms with Crippen molar-refractivity contribution in [2.45, 2.75) is 25.7 Å². The van der Waals surface area contributed by atoms with Gasteiger partial charge >= 0.3 is 0 Å². The highest BCUT2D eigenvalue weighted by molar-refractivity contribution is 14.0. The smallest absolute Gasteiger partial charge is 0.238 e. The number of ether oxygens (including phenoxy) is 1. The molecule has 0 radical (unpaired) electrons. The number of halogens is 2. The molecule has 1 aliphatic heterocycles. The topological polar surface area (TPSA) is 69.2 Å². The molecule has 0 saturated carbocycles. The lowest BCUT2D eigenvalue weighted by molar-refractivity contribution is -0.116. The quantitative estimate of drug-likeness (QED) is 0.317. The monoisotopic (exact) mass is 569 g/mol. The molecular weight excluding hydrogens is 536 g/mol. The minimum absolute atomic E-state index is 0. The van der Waals surface area contributed by atoms with Crippen LogP contribution < -0.4 is 10.6 Å². The summed E-state index contributed by atoms with van der Waals surface area (Å²) in [6.45, 7) is 4.25. The molecule has 1 heterocycles. The van der Waals surface area contributed by atoms with Crippen molar-refractivity contribution < 1.29 is 13.9 Å². The Morgan fingerprint density at radius 1 is 1.21 bits per heavy atom. The lowest BCUT2D eigenvalue weighted by Crippen LogP contribution is -2.50. The van der Waals surface area contributed by atoms with Gasteiger partial charge in [-0.25, -0.2) is 4.39 Å². The molecule has 0 aliphatic carbocycles. The van der Waals surface area contributed by atoms with Crippen LogP contribution in [-0.2, 0) is 16.1 Å². The molecule has 0 bridgehead atoms. The van der Waals surface area contributed by atoms with E-state index in [0.717, 1.165) is 22.8 Å². The van der Waals surface area contributed by atoms with E-state index in [-0.39, 0.29) is 47.9 Å². The first kappa shape index (κ1) is 27.0. The van der Waals surface area contributed by atoms with Gasteiger partial charge in [0.1, 0.15) is 11.9 Å². The Kier molecular flexibility index (Phi) is 10.5. The normalized spacial score (nSPS) is 18.6. The van der Waals surface area contributed by atoms with Gasteiger partial charge in [-0.2, -0.15) is 0 Å². The first-order valence-corrected chi connectivity index (χ1v) is 10.7. The number of carbonyl (C=O) groups excluding carboxylic acids is 1. The van der Waals surface area contributed by atoms with Crippen LogP contribution in [0.5, 0.6) is 0 Å². The van der Waals surface area contributed by atoms with Gasteiger partial charge in [-0.15, -0.1) is 24.0 Å². The van der Waals surface area contributed by atoms with E-state index in [0.29, 0.717) is 26.2 Å². The fraction of sp³-hybridized carbons (Fsp3) is 0.417. The molecule has 1 aliphatic rings. The molecule has 9 heteroatoms. The van der Waals surface area contributed by atoms with Gasteiger partial charge in [-0.3, -0.25) is 9.79 Å². The molecular formula is C24H33FIN5O2. The summed E-state index contributed by atoms with van der Waals surface area (Å²) in [6, 6.07) is 14.2. The molecule has 180 valence electrons. The third-order valence-electron chi connectivity index (χ3n) is 5.13. The summed E-state index contributed by atoms with van der Waals surface area (Å²) in [5, 5.41) is 6.33. The average Bonchev–Trinajstić information content (AvgIpc) is 2.74. The number of hydrogen-bond acceptors (Lipinski definition) is 4. The molecule has 2 aromatic carbocycles. The number of likely N-dealkylation sites (N-methyl/N-ethyl adjacent to an activating group) is 1. The minimum Gasteiger partial charge on any atom is -0.367 e. The number of benzene rings is 2. The average molecular weight is 569 g/mol. The number of aliphatic imine (C=N–C) groups is 1. The van der Waals surface area contributed by atoms with E-state index in [1.807, 2.05) is 50.2 Å². The van der Waals surface area contributed by atoms with Gasteiger partial charge in [-0.1, -0.05) is 24.3 Å². The molecule has 2 N–H and O–H groups in total. The first-order chi connectivity index (χ1) is 15.3. The molecule has 33 heavy (non-hydrogen) atoms. The Morgan fingerprint density at radius 3 is 2.61 bits per heavy atom. The maximum absolute atomic E-state index is 13.3. The van der Waals surface area contributed by atoms with E-state index in [2.05, 4.69) is 20.5 Å². The van der Waals surface area contributed by atoms with Crippen LogP contribution >= 0.6 is 24.0 Å². The lowest BCUT2D eigenvalue weighted by Gasteiger charge is -2.38. The standard InChI is InChI=1S/C24H32FN5O2.HI/c1-17-14-30(15-22(32-17)19-8-10-20(25)11-9-19)24(26-2)27-13-18-6-5-7-21(12-18)28-23(31)16-29(3)4;/h5-12,17,22H,13-16H2,1-4H3,(H,26,27)(H,28,31);1H. The van der Waals surface area contributed by atoms with Crippen LogP contribution in [-0.4, -0.2) is 68.5 Å². The van der Waals surface area contributed by atoms with Gasteiger partial charge in [-0.05, 0) is 56.4 Å². The van der Waals surface area contributed by atoms with Crippen LogP contribution in [0.15, 0.2) is 53.5 Å². The van der Waals surface area contributed by atoms with Crippen molar-refractivity contribution in [1.82, 2.24) is 15.1 Å². The van der Waals surface area contributed by atoms with Crippen LogP contribution in [0.3, 0.4) is 0 Å². The number of hydrogen-bond donors (Lipinski definition) is 2. The summed E-state index contributed by atoms with van der Waals surface area (Å²) >= 11 is 0. The van der Waals surface area contributed by atoms with Crippen molar-refractivity contribution in [3.05, 3.63) is 65.5 Å². The molecule has 2 aromatic rings. The van der Waals surface area contributed by atoms with E-state index >= 15 is 0 Å². The van der Waals surface area contributed by atoms with E-state index < -0.39 is 0 Å². The Morgan fingerprint density at radius 2 is 1.94 bits per heavy atom. The maximum Gasteiger partial charge on any atom is 0.238 e. The summed E-state index contributed by atoms with van der Waals surface area (Å²) in [5.41, 5.74) is 2.74. The van der Waals surface area contributed by atoms with Crippen molar-refractivity contribution in [3.8, 4) is 0 Å². The highest BCUT2D eigenvalue weighted by atomic mass is 127. The third-order valence-corrected chi connectivity index (χ3v) is 5.13. The molecule has 1 amide bonds. The fourth-order valence-corrected chi connectivity index (χ4v) is 3.75. The summed E-state index contributed by atoms with van der Waals surface area (Å²) in [7, 11) is 5.48. The Labute approximate surface area is 212 Å².